The van der Waals surface area contributed by atoms with Gasteiger partial charge in [0.2, 0.25) is 5.91 Å². The number of rotatable bonds is 7. The number of nitrogens with two attached hydrogens (primary N) is 1. The van der Waals surface area contributed by atoms with Crippen molar-refractivity contribution in [2.24, 2.45) is 5.73 Å². The molecule has 1 aromatic rings. The first kappa shape index (κ1) is 14.4. The zero-order valence-corrected chi connectivity index (χ0v) is 10.3. The SMILES string of the molecule is N#Cc1cc([N+](=O)[O-])ccc1NCCCCC(N)=O. The average Bonchev–Trinajstić information content (AvgIpc) is 2.37. The minimum absolute atomic E-state index is 0.115. The van der Waals surface area contributed by atoms with Crippen molar-refractivity contribution in [2.75, 3.05) is 11.9 Å². The van der Waals surface area contributed by atoms with Crippen LogP contribution in [0.15, 0.2) is 18.2 Å². The van der Waals surface area contributed by atoms with Gasteiger partial charge < -0.3 is 11.1 Å². The number of unbranched alkanes of at least 4 members (excludes halogenated alkanes) is 1. The van der Waals surface area contributed by atoms with E-state index < -0.39 is 4.92 Å². The monoisotopic (exact) mass is 262 g/mol. The number of nitrogens with one attached hydrogen (secondary N) is 1. The Bertz CT molecular complexity index is 522. The van der Waals surface area contributed by atoms with Gasteiger partial charge in [-0.3, -0.25) is 14.9 Å². The van der Waals surface area contributed by atoms with Crippen molar-refractivity contribution in [3.63, 3.8) is 0 Å². The molecule has 1 amide bonds. The lowest BCUT2D eigenvalue weighted by Gasteiger charge is -2.07. The number of primary amides is 1. The largest absolute Gasteiger partial charge is 0.384 e. The molecule has 1 aromatic carbocycles. The van der Waals surface area contributed by atoms with Crippen LogP contribution in [0.2, 0.25) is 0 Å². The predicted molar refractivity (Wildman–Crippen MR) is 69.3 cm³/mol. The van der Waals surface area contributed by atoms with E-state index in [1.807, 2.05) is 6.07 Å². The number of nitro benzene ring substituents is 1. The normalized spacial score (nSPS) is 9.63. The molecule has 0 aliphatic rings. The van der Waals surface area contributed by atoms with Crippen LogP contribution in [-0.4, -0.2) is 17.4 Å². The minimum atomic E-state index is -0.544. The molecule has 0 aliphatic heterocycles. The van der Waals surface area contributed by atoms with E-state index in [2.05, 4.69) is 5.32 Å². The van der Waals surface area contributed by atoms with Gasteiger partial charge in [0.1, 0.15) is 6.07 Å². The van der Waals surface area contributed by atoms with Gasteiger partial charge in [-0.2, -0.15) is 5.26 Å². The highest BCUT2D eigenvalue weighted by Gasteiger charge is 2.10. The van der Waals surface area contributed by atoms with Gasteiger partial charge in [-0.05, 0) is 18.9 Å². The van der Waals surface area contributed by atoms with Gasteiger partial charge in [0.05, 0.1) is 16.2 Å². The molecule has 0 saturated carbocycles. The van der Waals surface area contributed by atoms with Gasteiger partial charge in [0.25, 0.3) is 5.69 Å². The van der Waals surface area contributed by atoms with Gasteiger partial charge in [0, 0.05) is 25.1 Å². The molecule has 0 aromatic heterocycles. The predicted octanol–water partition coefficient (Wildman–Crippen LogP) is 1.53. The molecule has 0 atom stereocenters. The molecule has 3 N–H and O–H groups in total. The molecule has 0 unspecified atom stereocenters. The molecular weight excluding hydrogens is 248 g/mol. The molecule has 1 rings (SSSR count). The highest BCUT2D eigenvalue weighted by atomic mass is 16.6. The highest BCUT2D eigenvalue weighted by molar-refractivity contribution is 5.73. The maximum atomic E-state index is 10.6. The Kier molecular flexibility index (Phi) is 5.29. The molecule has 0 saturated heterocycles. The lowest BCUT2D eigenvalue weighted by Crippen LogP contribution is -2.11. The average molecular weight is 262 g/mol. The summed E-state index contributed by atoms with van der Waals surface area (Å²) >= 11 is 0. The molecule has 0 aliphatic carbocycles. The lowest BCUT2D eigenvalue weighted by molar-refractivity contribution is -0.384. The zero-order chi connectivity index (χ0) is 14.3. The fraction of sp³-hybridized carbons (Fsp3) is 0.333. The van der Waals surface area contributed by atoms with E-state index >= 15 is 0 Å². The topological polar surface area (TPSA) is 122 Å². The van der Waals surface area contributed by atoms with Crippen LogP contribution in [0.1, 0.15) is 24.8 Å². The minimum Gasteiger partial charge on any atom is -0.384 e. The van der Waals surface area contributed by atoms with Crippen LogP contribution in [-0.2, 0) is 4.79 Å². The number of hydrogen-bond donors (Lipinski definition) is 2. The Balaban J connectivity index is 2.57. The van der Waals surface area contributed by atoms with Crippen LogP contribution in [0.5, 0.6) is 0 Å². The summed E-state index contributed by atoms with van der Waals surface area (Å²) in [7, 11) is 0. The molecule has 0 bridgehead atoms. The molecule has 19 heavy (non-hydrogen) atoms. The van der Waals surface area contributed by atoms with Crippen LogP contribution in [0.3, 0.4) is 0 Å². The molecule has 0 heterocycles. The lowest BCUT2D eigenvalue weighted by atomic mass is 10.1. The fourth-order valence-electron chi connectivity index (χ4n) is 1.54. The van der Waals surface area contributed by atoms with Crippen LogP contribution >= 0.6 is 0 Å². The quantitative estimate of drug-likeness (QED) is 0.438. The third kappa shape index (κ3) is 4.63. The van der Waals surface area contributed by atoms with Crippen LogP contribution < -0.4 is 11.1 Å². The summed E-state index contributed by atoms with van der Waals surface area (Å²) in [6.07, 6.45) is 1.72. The van der Waals surface area contributed by atoms with E-state index in [4.69, 9.17) is 11.0 Å². The fourth-order valence-corrected chi connectivity index (χ4v) is 1.54. The van der Waals surface area contributed by atoms with Crippen LogP contribution in [0, 0.1) is 21.4 Å². The molecule has 100 valence electrons. The number of nitro groups is 1. The maximum absolute atomic E-state index is 10.6. The van der Waals surface area contributed by atoms with Crippen molar-refractivity contribution in [1.82, 2.24) is 0 Å². The van der Waals surface area contributed by atoms with E-state index in [0.717, 1.165) is 6.42 Å². The summed E-state index contributed by atoms with van der Waals surface area (Å²) in [6.45, 7) is 0.569. The summed E-state index contributed by atoms with van der Waals surface area (Å²) in [5.74, 6) is -0.340. The van der Waals surface area contributed by atoms with Gasteiger partial charge in [-0.25, -0.2) is 0 Å². The van der Waals surface area contributed by atoms with E-state index in [0.29, 0.717) is 25.1 Å². The Morgan fingerprint density at radius 1 is 1.47 bits per heavy atom. The van der Waals surface area contributed by atoms with E-state index in [1.54, 1.807) is 0 Å². The van der Waals surface area contributed by atoms with Crippen molar-refractivity contribution < 1.29 is 9.72 Å². The number of benzene rings is 1. The maximum Gasteiger partial charge on any atom is 0.270 e. The van der Waals surface area contributed by atoms with Gasteiger partial charge >= 0.3 is 0 Å². The first-order valence-electron chi connectivity index (χ1n) is 5.75. The summed E-state index contributed by atoms with van der Waals surface area (Å²) in [4.78, 5) is 20.6. The second kappa shape index (κ2) is 6.96. The summed E-state index contributed by atoms with van der Waals surface area (Å²) in [6, 6.07) is 5.98. The van der Waals surface area contributed by atoms with E-state index in [1.165, 1.54) is 18.2 Å². The Labute approximate surface area is 110 Å². The molecule has 7 nitrogen and oxygen atoms in total. The molecule has 7 heteroatoms. The number of nitrogens with zero attached hydrogens (tertiary/aromatic N) is 2. The third-order valence-electron chi connectivity index (χ3n) is 2.50. The second-order valence-corrected chi connectivity index (χ2v) is 3.95. The van der Waals surface area contributed by atoms with Crippen molar-refractivity contribution in [2.45, 2.75) is 19.3 Å². The first-order valence-corrected chi connectivity index (χ1v) is 5.75. The summed E-state index contributed by atoms with van der Waals surface area (Å²) in [5, 5.41) is 22.5. The standard InChI is InChI=1S/C12H14N4O3/c13-8-9-7-10(16(18)19)4-5-11(9)15-6-2-1-3-12(14)17/h4-5,7,15H,1-3,6H2,(H2,14,17). The highest BCUT2D eigenvalue weighted by Crippen LogP contribution is 2.21. The van der Waals surface area contributed by atoms with Crippen molar-refractivity contribution in [1.29, 1.82) is 5.26 Å². The summed E-state index contributed by atoms with van der Waals surface area (Å²) in [5.41, 5.74) is 5.67. The van der Waals surface area contributed by atoms with Gasteiger partial charge in [-0.15, -0.1) is 0 Å². The number of anilines is 1. The number of carbonyl (C=O) groups is 1. The van der Waals surface area contributed by atoms with Gasteiger partial charge in [0.15, 0.2) is 0 Å². The Morgan fingerprint density at radius 2 is 2.21 bits per heavy atom. The van der Waals surface area contributed by atoms with Gasteiger partial charge in [-0.1, -0.05) is 0 Å². The van der Waals surface area contributed by atoms with Crippen molar-refractivity contribution in [3.8, 4) is 6.07 Å². The second-order valence-electron chi connectivity index (χ2n) is 3.95. The number of non-ortho nitro benzene ring substituents is 1. The first-order chi connectivity index (χ1) is 9.04. The van der Waals surface area contributed by atoms with E-state index in [-0.39, 0.29) is 17.2 Å². The van der Waals surface area contributed by atoms with Crippen LogP contribution in [0.4, 0.5) is 11.4 Å². The number of amides is 1. The number of carbonyl (C=O) groups excluding carboxylic acids is 1. The van der Waals surface area contributed by atoms with E-state index in [9.17, 15) is 14.9 Å². The molecule has 0 radical (unpaired) electrons. The zero-order valence-electron chi connectivity index (χ0n) is 10.3. The molecule has 0 fully saturated rings. The molecular formula is C12H14N4O3. The summed E-state index contributed by atoms with van der Waals surface area (Å²) < 4.78 is 0. The number of nitriles is 1. The Hall–Kier alpha value is -2.62. The van der Waals surface area contributed by atoms with Crippen LogP contribution in [0.25, 0.3) is 0 Å². The molecule has 0 spiro atoms. The van der Waals surface area contributed by atoms with Crippen molar-refractivity contribution in [3.05, 3.63) is 33.9 Å². The Morgan fingerprint density at radius 3 is 2.79 bits per heavy atom. The smallest absolute Gasteiger partial charge is 0.270 e. The van der Waals surface area contributed by atoms with Crippen molar-refractivity contribution >= 4 is 17.3 Å². The third-order valence-corrected chi connectivity index (χ3v) is 2.50. The number of hydrogen-bond acceptors (Lipinski definition) is 5.